The molecule has 0 aromatic carbocycles. The number of nitrogens with zero attached hydrogens (tertiary/aromatic N) is 2. The first-order chi connectivity index (χ1) is 11.2. The summed E-state index contributed by atoms with van der Waals surface area (Å²) in [5, 5.41) is 2.01. The highest BCUT2D eigenvalue weighted by Crippen LogP contribution is 2.25. The summed E-state index contributed by atoms with van der Waals surface area (Å²) < 4.78 is 0. The van der Waals surface area contributed by atoms with Gasteiger partial charge in [-0.15, -0.1) is 11.3 Å². The van der Waals surface area contributed by atoms with Crippen molar-refractivity contribution in [2.75, 3.05) is 26.2 Å². The maximum atomic E-state index is 12.7. The normalized spacial score (nSPS) is 20.1. The molecule has 4 nitrogen and oxygen atoms in total. The minimum absolute atomic E-state index is 0.198. The van der Waals surface area contributed by atoms with Crippen LogP contribution in [0.3, 0.4) is 0 Å². The largest absolute Gasteiger partial charge is 0.342 e. The van der Waals surface area contributed by atoms with Gasteiger partial charge in [-0.25, -0.2) is 0 Å². The van der Waals surface area contributed by atoms with E-state index >= 15 is 0 Å². The number of amides is 2. The third-order valence-electron chi connectivity index (χ3n) is 5.12. The molecule has 1 aromatic rings. The molecule has 0 N–H and O–H groups in total. The van der Waals surface area contributed by atoms with Crippen LogP contribution in [0, 0.1) is 5.92 Å². The monoisotopic (exact) mass is 334 g/mol. The van der Waals surface area contributed by atoms with Gasteiger partial charge in [0.25, 0.3) is 5.91 Å². The highest BCUT2D eigenvalue weighted by molar-refractivity contribution is 7.12. The van der Waals surface area contributed by atoms with Crippen molar-refractivity contribution in [2.24, 2.45) is 5.92 Å². The smallest absolute Gasteiger partial charge is 0.264 e. The molecule has 0 atom stereocenters. The lowest BCUT2D eigenvalue weighted by Crippen LogP contribution is -2.44. The van der Waals surface area contributed by atoms with Gasteiger partial charge in [0.1, 0.15) is 0 Å². The van der Waals surface area contributed by atoms with Gasteiger partial charge in [-0.2, -0.15) is 0 Å². The number of piperidine rings is 2. The van der Waals surface area contributed by atoms with Gasteiger partial charge < -0.3 is 9.80 Å². The predicted molar refractivity (Wildman–Crippen MR) is 92.8 cm³/mol. The van der Waals surface area contributed by atoms with E-state index in [2.05, 4.69) is 13.0 Å². The number of hydrogen-bond donors (Lipinski definition) is 0. The molecular weight excluding hydrogens is 308 g/mol. The lowest BCUT2D eigenvalue weighted by atomic mass is 9.95. The van der Waals surface area contributed by atoms with E-state index in [0.717, 1.165) is 69.6 Å². The number of thiophene rings is 1. The van der Waals surface area contributed by atoms with Gasteiger partial charge in [0.15, 0.2) is 0 Å². The molecule has 0 saturated carbocycles. The summed E-state index contributed by atoms with van der Waals surface area (Å²) in [6.45, 7) is 5.56. The highest BCUT2D eigenvalue weighted by atomic mass is 32.1. The molecule has 2 aliphatic rings. The summed E-state index contributed by atoms with van der Waals surface area (Å²) in [6, 6.07) is 2.06. The SMILES string of the molecule is CCc1ccsc1C(=O)N1CCC(CN2CCCCC2=O)CC1. The van der Waals surface area contributed by atoms with E-state index in [1.807, 2.05) is 15.2 Å². The van der Waals surface area contributed by atoms with Gasteiger partial charge in [-0.1, -0.05) is 6.92 Å². The van der Waals surface area contributed by atoms with E-state index in [-0.39, 0.29) is 5.91 Å². The second-order valence-corrected chi connectivity index (χ2v) is 7.58. The molecule has 2 aliphatic heterocycles. The van der Waals surface area contributed by atoms with Crippen molar-refractivity contribution in [1.82, 2.24) is 9.80 Å². The average Bonchev–Trinajstić information content (AvgIpc) is 3.05. The van der Waals surface area contributed by atoms with Crippen molar-refractivity contribution in [3.63, 3.8) is 0 Å². The Kier molecular flexibility index (Phi) is 5.36. The van der Waals surface area contributed by atoms with Crippen molar-refractivity contribution in [3.05, 3.63) is 21.9 Å². The van der Waals surface area contributed by atoms with Crippen LogP contribution in [0.2, 0.25) is 0 Å². The van der Waals surface area contributed by atoms with Crippen molar-refractivity contribution >= 4 is 23.2 Å². The fourth-order valence-electron chi connectivity index (χ4n) is 3.63. The van der Waals surface area contributed by atoms with Gasteiger partial charge in [0.2, 0.25) is 5.91 Å². The summed E-state index contributed by atoms with van der Waals surface area (Å²) in [6.07, 6.45) is 5.85. The first kappa shape index (κ1) is 16.5. The fourth-order valence-corrected chi connectivity index (χ4v) is 4.59. The molecule has 3 rings (SSSR count). The Hall–Kier alpha value is -1.36. The van der Waals surface area contributed by atoms with Crippen molar-refractivity contribution < 1.29 is 9.59 Å². The Labute approximate surface area is 142 Å². The molecule has 2 amide bonds. The number of rotatable bonds is 4. The summed E-state index contributed by atoms with van der Waals surface area (Å²) in [5.41, 5.74) is 1.17. The summed E-state index contributed by atoms with van der Waals surface area (Å²) in [5.74, 6) is 1.07. The van der Waals surface area contributed by atoms with Gasteiger partial charge in [0.05, 0.1) is 4.88 Å². The van der Waals surface area contributed by atoms with Crippen LogP contribution in [0.15, 0.2) is 11.4 Å². The third kappa shape index (κ3) is 3.77. The Bertz CT molecular complexity index is 561. The zero-order valence-corrected chi connectivity index (χ0v) is 14.7. The molecule has 0 unspecified atom stereocenters. The van der Waals surface area contributed by atoms with Gasteiger partial charge >= 0.3 is 0 Å². The fraction of sp³-hybridized carbons (Fsp3) is 0.667. The Balaban J connectivity index is 1.52. The lowest BCUT2D eigenvalue weighted by Gasteiger charge is -2.36. The van der Waals surface area contributed by atoms with Crippen LogP contribution in [0.5, 0.6) is 0 Å². The minimum atomic E-state index is 0.198. The second kappa shape index (κ2) is 7.47. The van der Waals surface area contributed by atoms with E-state index in [0.29, 0.717) is 11.8 Å². The molecule has 0 spiro atoms. The van der Waals surface area contributed by atoms with Crippen LogP contribution in [0.4, 0.5) is 0 Å². The maximum Gasteiger partial charge on any atom is 0.264 e. The maximum absolute atomic E-state index is 12.7. The predicted octanol–water partition coefficient (Wildman–Crippen LogP) is 3.18. The van der Waals surface area contributed by atoms with Gasteiger partial charge in [-0.3, -0.25) is 9.59 Å². The zero-order chi connectivity index (χ0) is 16.2. The van der Waals surface area contributed by atoms with Crippen molar-refractivity contribution in [3.8, 4) is 0 Å². The Morgan fingerprint density at radius 1 is 1.26 bits per heavy atom. The van der Waals surface area contributed by atoms with E-state index in [9.17, 15) is 9.59 Å². The Morgan fingerprint density at radius 2 is 2.04 bits per heavy atom. The molecule has 2 saturated heterocycles. The lowest BCUT2D eigenvalue weighted by molar-refractivity contribution is -0.134. The van der Waals surface area contributed by atoms with Crippen LogP contribution in [0.1, 0.15) is 54.3 Å². The van der Waals surface area contributed by atoms with Crippen molar-refractivity contribution in [2.45, 2.75) is 45.4 Å². The molecule has 3 heterocycles. The first-order valence-electron chi connectivity index (χ1n) is 8.82. The Morgan fingerprint density at radius 3 is 2.74 bits per heavy atom. The average molecular weight is 334 g/mol. The highest BCUT2D eigenvalue weighted by Gasteiger charge is 2.28. The topological polar surface area (TPSA) is 40.6 Å². The number of hydrogen-bond acceptors (Lipinski definition) is 3. The summed E-state index contributed by atoms with van der Waals surface area (Å²) in [7, 11) is 0. The number of carbonyl (C=O) groups excluding carboxylic acids is 2. The van der Waals surface area contributed by atoms with E-state index < -0.39 is 0 Å². The van der Waals surface area contributed by atoms with Crippen LogP contribution >= 0.6 is 11.3 Å². The first-order valence-corrected chi connectivity index (χ1v) is 9.70. The number of carbonyl (C=O) groups is 2. The minimum Gasteiger partial charge on any atom is -0.342 e. The molecule has 2 fully saturated rings. The van der Waals surface area contributed by atoms with Gasteiger partial charge in [0, 0.05) is 32.6 Å². The van der Waals surface area contributed by atoms with E-state index in [4.69, 9.17) is 0 Å². The van der Waals surface area contributed by atoms with Gasteiger partial charge in [-0.05, 0) is 55.0 Å². The van der Waals surface area contributed by atoms with Crippen LogP contribution in [0.25, 0.3) is 0 Å². The quantitative estimate of drug-likeness (QED) is 0.848. The molecular formula is C18H26N2O2S. The molecule has 23 heavy (non-hydrogen) atoms. The summed E-state index contributed by atoms with van der Waals surface area (Å²) in [4.78, 5) is 29.5. The van der Waals surface area contributed by atoms with Crippen LogP contribution in [-0.2, 0) is 11.2 Å². The van der Waals surface area contributed by atoms with E-state index in [1.165, 1.54) is 5.56 Å². The molecule has 126 valence electrons. The molecule has 0 radical (unpaired) electrons. The van der Waals surface area contributed by atoms with Crippen LogP contribution < -0.4 is 0 Å². The van der Waals surface area contributed by atoms with E-state index in [1.54, 1.807) is 11.3 Å². The molecule has 1 aromatic heterocycles. The molecule has 0 aliphatic carbocycles. The second-order valence-electron chi connectivity index (χ2n) is 6.66. The van der Waals surface area contributed by atoms with Crippen molar-refractivity contribution in [1.29, 1.82) is 0 Å². The number of aryl methyl sites for hydroxylation is 1. The molecule has 5 heteroatoms. The molecule has 0 bridgehead atoms. The standard InChI is InChI=1S/C18H26N2O2S/c1-2-15-8-12-23-17(15)18(22)19-10-6-14(7-11-19)13-20-9-4-3-5-16(20)21/h8,12,14H,2-7,9-11,13H2,1H3. The third-order valence-corrected chi connectivity index (χ3v) is 6.07. The van der Waals surface area contributed by atoms with Crippen LogP contribution in [-0.4, -0.2) is 47.8 Å². The number of likely N-dealkylation sites (tertiary alicyclic amines) is 2. The zero-order valence-electron chi connectivity index (χ0n) is 13.9. The summed E-state index contributed by atoms with van der Waals surface area (Å²) >= 11 is 1.56.